The maximum Gasteiger partial charge on any atom is 0.329 e. The monoisotopic (exact) mass is 415 g/mol. The number of cyclic esters (lactones) is 1. The van der Waals surface area contributed by atoms with Gasteiger partial charge in [0.25, 0.3) is 11.8 Å². The summed E-state index contributed by atoms with van der Waals surface area (Å²) in [5.74, 6) is -2.84. The molecule has 0 saturated carbocycles. The van der Waals surface area contributed by atoms with Crippen molar-refractivity contribution in [3.05, 3.63) is 48.2 Å². The van der Waals surface area contributed by atoms with E-state index in [1.54, 1.807) is 13.8 Å². The maximum atomic E-state index is 12.8. The Labute approximate surface area is 176 Å². The van der Waals surface area contributed by atoms with Crippen molar-refractivity contribution in [1.29, 1.82) is 0 Å². The summed E-state index contributed by atoms with van der Waals surface area (Å²) in [5.41, 5.74) is 0.909. The van der Waals surface area contributed by atoms with Crippen LogP contribution >= 0.6 is 0 Å². The van der Waals surface area contributed by atoms with Crippen molar-refractivity contribution in [2.24, 2.45) is 5.92 Å². The molecule has 1 saturated heterocycles. The van der Waals surface area contributed by atoms with E-state index >= 15 is 0 Å². The molecule has 1 aromatic carbocycles. The van der Waals surface area contributed by atoms with Crippen LogP contribution in [0.3, 0.4) is 0 Å². The molecule has 3 atom stereocenters. The molecule has 1 aliphatic heterocycles. The van der Waals surface area contributed by atoms with Gasteiger partial charge in [0.2, 0.25) is 5.91 Å². The van der Waals surface area contributed by atoms with Crippen molar-refractivity contribution in [2.45, 2.75) is 58.2 Å². The van der Waals surface area contributed by atoms with E-state index in [-0.39, 0.29) is 11.6 Å². The molecule has 3 unspecified atom stereocenters. The molecule has 1 aliphatic rings. The van der Waals surface area contributed by atoms with Gasteiger partial charge in [-0.1, -0.05) is 50.8 Å². The summed E-state index contributed by atoms with van der Waals surface area (Å²) in [6.07, 6.45) is 0.617. The Hall–Kier alpha value is -3.16. The van der Waals surface area contributed by atoms with Gasteiger partial charge in [0.05, 0.1) is 5.70 Å². The molecule has 2 rings (SSSR count). The van der Waals surface area contributed by atoms with Gasteiger partial charge >= 0.3 is 5.97 Å². The van der Waals surface area contributed by atoms with Crippen LogP contribution in [0.5, 0.6) is 0 Å². The van der Waals surface area contributed by atoms with E-state index in [2.05, 4.69) is 22.5 Å². The third kappa shape index (κ3) is 6.43. The Balaban J connectivity index is 2.18. The molecular weight excluding hydrogens is 386 g/mol. The molecule has 0 bridgehead atoms. The Morgan fingerprint density at radius 1 is 1.03 bits per heavy atom. The molecule has 3 N–H and O–H groups in total. The number of benzene rings is 1. The summed E-state index contributed by atoms with van der Waals surface area (Å²) in [7, 11) is 0. The number of carbonyl (C=O) groups is 4. The van der Waals surface area contributed by atoms with Crippen molar-refractivity contribution in [1.82, 2.24) is 16.0 Å². The third-order valence-corrected chi connectivity index (χ3v) is 4.79. The predicted molar refractivity (Wildman–Crippen MR) is 111 cm³/mol. The standard InChI is InChI=1S/C22H29N3O5/c1-13(2)18-21(28)25-17(12-8-11-16-9-6-5-7-10-16)20(27)23-14(3)19(26)24-15(4)22(29)30-18/h5-7,9-10,13,15,17-18H,3,8,11-12H2,1-2,4H3,(H,23,27)(H,24,26)(H,25,28). The van der Waals surface area contributed by atoms with E-state index in [9.17, 15) is 19.2 Å². The van der Waals surface area contributed by atoms with Gasteiger partial charge in [-0.05, 0) is 37.7 Å². The zero-order valence-electron chi connectivity index (χ0n) is 17.6. The molecule has 1 fully saturated rings. The van der Waals surface area contributed by atoms with Crippen LogP contribution in [0.1, 0.15) is 39.2 Å². The van der Waals surface area contributed by atoms with Crippen molar-refractivity contribution < 1.29 is 23.9 Å². The lowest BCUT2D eigenvalue weighted by molar-refractivity contribution is -0.161. The van der Waals surface area contributed by atoms with Crippen molar-refractivity contribution in [3.63, 3.8) is 0 Å². The molecule has 1 heterocycles. The number of aryl methyl sites for hydroxylation is 1. The fraction of sp³-hybridized carbons (Fsp3) is 0.455. The highest BCUT2D eigenvalue weighted by Crippen LogP contribution is 2.12. The first-order valence-corrected chi connectivity index (χ1v) is 10.0. The molecule has 0 aromatic heterocycles. The number of ether oxygens (including phenoxy) is 1. The largest absolute Gasteiger partial charge is 0.450 e. The predicted octanol–water partition coefficient (Wildman–Crippen LogP) is 1.21. The van der Waals surface area contributed by atoms with Gasteiger partial charge in [0, 0.05) is 0 Å². The summed E-state index contributed by atoms with van der Waals surface area (Å²) in [6.45, 7) is 8.45. The summed E-state index contributed by atoms with van der Waals surface area (Å²) in [6, 6.07) is 7.87. The quantitative estimate of drug-likeness (QED) is 0.494. The van der Waals surface area contributed by atoms with Crippen molar-refractivity contribution >= 4 is 23.7 Å². The average Bonchev–Trinajstić information content (AvgIpc) is 2.70. The molecule has 0 spiro atoms. The SMILES string of the molecule is C=C1NC(=O)C(CCCc2ccccc2)NC(=O)C(C(C)C)OC(=O)C(C)NC1=O. The highest BCUT2D eigenvalue weighted by molar-refractivity contribution is 6.01. The second kappa shape index (κ2) is 10.6. The number of hydrogen-bond acceptors (Lipinski definition) is 5. The molecule has 0 aliphatic carbocycles. The zero-order chi connectivity index (χ0) is 22.3. The van der Waals surface area contributed by atoms with Crippen LogP contribution in [-0.4, -0.2) is 41.9 Å². The number of carbonyl (C=O) groups excluding carboxylic acids is 4. The number of esters is 1. The minimum atomic E-state index is -1.08. The molecule has 30 heavy (non-hydrogen) atoms. The van der Waals surface area contributed by atoms with E-state index in [1.807, 2.05) is 30.3 Å². The molecular formula is C22H29N3O5. The smallest absolute Gasteiger partial charge is 0.329 e. The number of nitrogens with one attached hydrogen (secondary N) is 3. The number of rotatable bonds is 5. The second-order valence-electron chi connectivity index (χ2n) is 7.70. The minimum absolute atomic E-state index is 0.206. The number of amides is 3. The second-order valence-corrected chi connectivity index (χ2v) is 7.70. The minimum Gasteiger partial charge on any atom is -0.450 e. The molecule has 8 heteroatoms. The van der Waals surface area contributed by atoms with E-state index < -0.39 is 41.9 Å². The summed E-state index contributed by atoms with van der Waals surface area (Å²) in [4.78, 5) is 50.0. The van der Waals surface area contributed by atoms with Crippen LogP contribution in [0.2, 0.25) is 0 Å². The zero-order valence-corrected chi connectivity index (χ0v) is 17.6. The van der Waals surface area contributed by atoms with E-state index in [4.69, 9.17) is 4.74 Å². The van der Waals surface area contributed by atoms with Crippen LogP contribution in [0.25, 0.3) is 0 Å². The lowest BCUT2D eigenvalue weighted by Gasteiger charge is -2.27. The third-order valence-electron chi connectivity index (χ3n) is 4.79. The molecule has 0 radical (unpaired) electrons. The Morgan fingerprint density at radius 3 is 2.33 bits per heavy atom. The van der Waals surface area contributed by atoms with E-state index in [0.29, 0.717) is 12.8 Å². The Kier molecular flexibility index (Phi) is 8.15. The van der Waals surface area contributed by atoms with Gasteiger partial charge in [0.1, 0.15) is 12.1 Å². The van der Waals surface area contributed by atoms with E-state index in [1.165, 1.54) is 6.92 Å². The lowest BCUT2D eigenvalue weighted by Crippen LogP contribution is -2.54. The van der Waals surface area contributed by atoms with Crippen molar-refractivity contribution in [2.75, 3.05) is 0 Å². The van der Waals surface area contributed by atoms with Crippen LogP contribution in [0.4, 0.5) is 0 Å². The molecule has 162 valence electrons. The van der Waals surface area contributed by atoms with Gasteiger partial charge in [-0.2, -0.15) is 0 Å². The highest BCUT2D eigenvalue weighted by atomic mass is 16.5. The number of hydrogen-bond donors (Lipinski definition) is 3. The first-order valence-electron chi connectivity index (χ1n) is 10.0. The average molecular weight is 415 g/mol. The molecule has 3 amide bonds. The fourth-order valence-electron chi connectivity index (χ4n) is 3.03. The van der Waals surface area contributed by atoms with Gasteiger partial charge in [0.15, 0.2) is 6.10 Å². The Bertz CT molecular complexity index is 806. The van der Waals surface area contributed by atoms with Gasteiger partial charge in [-0.15, -0.1) is 0 Å². The van der Waals surface area contributed by atoms with Crippen molar-refractivity contribution in [3.8, 4) is 0 Å². The van der Waals surface area contributed by atoms with Gasteiger partial charge < -0.3 is 20.7 Å². The summed E-state index contributed by atoms with van der Waals surface area (Å²) < 4.78 is 5.32. The lowest BCUT2D eigenvalue weighted by atomic mass is 10.0. The van der Waals surface area contributed by atoms with Crippen LogP contribution in [0, 0.1) is 5.92 Å². The first kappa shape index (κ1) is 23.1. The van der Waals surface area contributed by atoms with Gasteiger partial charge in [-0.3, -0.25) is 14.4 Å². The molecule has 1 aromatic rings. The van der Waals surface area contributed by atoms with Crippen LogP contribution < -0.4 is 16.0 Å². The van der Waals surface area contributed by atoms with Crippen LogP contribution in [-0.2, 0) is 30.3 Å². The van der Waals surface area contributed by atoms with E-state index in [0.717, 1.165) is 12.0 Å². The molecule has 8 nitrogen and oxygen atoms in total. The first-order chi connectivity index (χ1) is 14.2. The summed E-state index contributed by atoms with van der Waals surface area (Å²) >= 11 is 0. The fourth-order valence-corrected chi connectivity index (χ4v) is 3.03. The van der Waals surface area contributed by atoms with Gasteiger partial charge in [-0.25, -0.2) is 4.79 Å². The topological polar surface area (TPSA) is 114 Å². The maximum absolute atomic E-state index is 12.8. The highest BCUT2D eigenvalue weighted by Gasteiger charge is 2.33. The summed E-state index contributed by atoms with van der Waals surface area (Å²) in [5, 5.41) is 7.52. The van der Waals surface area contributed by atoms with Crippen LogP contribution in [0.15, 0.2) is 42.6 Å². The Morgan fingerprint density at radius 2 is 1.70 bits per heavy atom. The normalized spacial score (nSPS) is 23.6.